The Kier molecular flexibility index (Phi) is 5.28. The van der Waals surface area contributed by atoms with Gasteiger partial charge in [0, 0.05) is 24.7 Å². The second kappa shape index (κ2) is 7.44. The van der Waals surface area contributed by atoms with E-state index in [4.69, 9.17) is 0 Å². The number of anilines is 2. The van der Waals surface area contributed by atoms with Gasteiger partial charge in [0.15, 0.2) is 4.34 Å². The first-order valence-corrected chi connectivity index (χ1v) is 9.24. The highest BCUT2D eigenvalue weighted by Gasteiger charge is 2.34. The SMILES string of the molecule is CC(=O)N(c1nnc(SCC(=O)Nc2cc(F)cc(F)c2)s1)C1CC1. The van der Waals surface area contributed by atoms with Crippen LogP contribution in [0.15, 0.2) is 22.5 Å². The molecular weight excluding hydrogens is 370 g/mol. The lowest BCUT2D eigenvalue weighted by Crippen LogP contribution is -2.30. The Bertz CT molecular complexity index is 790. The molecule has 1 aromatic heterocycles. The van der Waals surface area contributed by atoms with Crippen LogP contribution < -0.4 is 10.2 Å². The van der Waals surface area contributed by atoms with Gasteiger partial charge >= 0.3 is 0 Å². The van der Waals surface area contributed by atoms with Crippen LogP contribution in [-0.2, 0) is 9.59 Å². The zero-order valence-corrected chi connectivity index (χ0v) is 14.8. The van der Waals surface area contributed by atoms with Gasteiger partial charge in [-0.05, 0) is 25.0 Å². The molecule has 0 saturated heterocycles. The molecule has 10 heteroatoms. The van der Waals surface area contributed by atoms with Gasteiger partial charge in [-0.1, -0.05) is 23.1 Å². The summed E-state index contributed by atoms with van der Waals surface area (Å²) in [5, 5.41) is 10.9. The minimum atomic E-state index is -0.763. The molecule has 0 aliphatic heterocycles. The summed E-state index contributed by atoms with van der Waals surface area (Å²) in [5.74, 6) is -2.02. The standard InChI is InChI=1S/C15H14F2N4O2S2/c1-8(22)21(12-2-3-12)14-19-20-15(25-14)24-7-13(23)18-11-5-9(16)4-10(17)6-11/h4-6,12H,2-3,7H2,1H3,(H,18,23). The number of amides is 2. The van der Waals surface area contributed by atoms with Gasteiger partial charge in [0.1, 0.15) is 11.6 Å². The summed E-state index contributed by atoms with van der Waals surface area (Å²) in [6.07, 6.45) is 1.91. The molecule has 2 amide bonds. The van der Waals surface area contributed by atoms with Crippen LogP contribution in [0.1, 0.15) is 19.8 Å². The van der Waals surface area contributed by atoms with Gasteiger partial charge in [-0.3, -0.25) is 14.5 Å². The summed E-state index contributed by atoms with van der Waals surface area (Å²) in [7, 11) is 0. The van der Waals surface area contributed by atoms with Gasteiger partial charge in [-0.2, -0.15) is 0 Å². The largest absolute Gasteiger partial charge is 0.325 e. The van der Waals surface area contributed by atoms with Crippen LogP contribution in [0.3, 0.4) is 0 Å². The average molecular weight is 384 g/mol. The molecule has 1 aromatic carbocycles. The third-order valence-electron chi connectivity index (χ3n) is 3.33. The number of hydrogen-bond donors (Lipinski definition) is 1. The molecule has 6 nitrogen and oxygen atoms in total. The number of thioether (sulfide) groups is 1. The van der Waals surface area contributed by atoms with Crippen molar-refractivity contribution >= 4 is 45.7 Å². The van der Waals surface area contributed by atoms with Gasteiger partial charge in [-0.25, -0.2) is 8.78 Å². The van der Waals surface area contributed by atoms with E-state index < -0.39 is 17.5 Å². The summed E-state index contributed by atoms with van der Waals surface area (Å²) in [6.45, 7) is 1.48. The fourth-order valence-corrected chi connectivity index (χ4v) is 3.95. The van der Waals surface area contributed by atoms with Gasteiger partial charge in [0.05, 0.1) is 5.75 Å². The smallest absolute Gasteiger partial charge is 0.234 e. The monoisotopic (exact) mass is 384 g/mol. The Morgan fingerprint density at radius 3 is 2.56 bits per heavy atom. The van der Waals surface area contributed by atoms with E-state index in [1.54, 1.807) is 4.90 Å². The molecule has 1 N–H and O–H groups in total. The van der Waals surface area contributed by atoms with E-state index in [1.165, 1.54) is 18.3 Å². The van der Waals surface area contributed by atoms with Crippen molar-refractivity contribution in [3.05, 3.63) is 29.8 Å². The van der Waals surface area contributed by atoms with Crippen molar-refractivity contribution in [1.82, 2.24) is 10.2 Å². The van der Waals surface area contributed by atoms with Crippen LogP contribution in [0.5, 0.6) is 0 Å². The van der Waals surface area contributed by atoms with Gasteiger partial charge in [-0.15, -0.1) is 10.2 Å². The minimum Gasteiger partial charge on any atom is -0.325 e. The van der Waals surface area contributed by atoms with Crippen molar-refractivity contribution < 1.29 is 18.4 Å². The number of nitrogens with one attached hydrogen (secondary N) is 1. The molecule has 1 aliphatic rings. The first-order chi connectivity index (χ1) is 11.9. The quantitative estimate of drug-likeness (QED) is 0.612. The predicted molar refractivity (Wildman–Crippen MR) is 91.8 cm³/mol. The Balaban J connectivity index is 1.56. The normalized spacial score (nSPS) is 13.6. The second-order valence-corrected chi connectivity index (χ2v) is 7.64. The molecule has 0 unspecified atom stereocenters. The van der Waals surface area contributed by atoms with Crippen LogP contribution in [0.25, 0.3) is 0 Å². The van der Waals surface area contributed by atoms with Crippen molar-refractivity contribution in [1.29, 1.82) is 0 Å². The van der Waals surface area contributed by atoms with E-state index in [9.17, 15) is 18.4 Å². The number of benzene rings is 1. The number of hydrogen-bond acceptors (Lipinski definition) is 6. The van der Waals surface area contributed by atoms with Gasteiger partial charge < -0.3 is 5.32 Å². The van der Waals surface area contributed by atoms with Crippen molar-refractivity contribution in [3.63, 3.8) is 0 Å². The molecule has 1 saturated carbocycles. The Labute approximate surface area is 150 Å². The number of rotatable bonds is 6. The molecule has 132 valence electrons. The number of carbonyl (C=O) groups excluding carboxylic acids is 2. The van der Waals surface area contributed by atoms with Crippen LogP contribution >= 0.6 is 23.1 Å². The highest BCUT2D eigenvalue weighted by atomic mass is 32.2. The van der Waals surface area contributed by atoms with Crippen LogP contribution in [0.2, 0.25) is 0 Å². The summed E-state index contributed by atoms with van der Waals surface area (Å²) in [5.41, 5.74) is 0.0533. The Hall–Kier alpha value is -2.07. The van der Waals surface area contributed by atoms with Crippen molar-refractivity contribution in [2.75, 3.05) is 16.0 Å². The van der Waals surface area contributed by atoms with Gasteiger partial charge in [0.2, 0.25) is 16.9 Å². The molecule has 0 bridgehead atoms. The molecule has 0 spiro atoms. The summed E-state index contributed by atoms with van der Waals surface area (Å²) < 4.78 is 26.7. The van der Waals surface area contributed by atoms with E-state index >= 15 is 0 Å². The molecule has 1 aliphatic carbocycles. The third kappa shape index (κ3) is 4.73. The third-order valence-corrected chi connectivity index (χ3v) is 5.38. The summed E-state index contributed by atoms with van der Waals surface area (Å²) in [4.78, 5) is 25.2. The van der Waals surface area contributed by atoms with E-state index in [1.807, 2.05) is 0 Å². The number of nitrogens with zero attached hydrogens (tertiary/aromatic N) is 3. The van der Waals surface area contributed by atoms with Crippen molar-refractivity contribution in [2.45, 2.75) is 30.1 Å². The molecular formula is C15H14F2N4O2S2. The van der Waals surface area contributed by atoms with Crippen LogP contribution in [-0.4, -0.2) is 33.8 Å². The van der Waals surface area contributed by atoms with Crippen molar-refractivity contribution in [3.8, 4) is 0 Å². The summed E-state index contributed by atoms with van der Waals surface area (Å²) in [6, 6.07) is 2.99. The molecule has 25 heavy (non-hydrogen) atoms. The first-order valence-electron chi connectivity index (χ1n) is 7.44. The van der Waals surface area contributed by atoms with Crippen LogP contribution in [0, 0.1) is 11.6 Å². The van der Waals surface area contributed by atoms with E-state index in [0.29, 0.717) is 9.47 Å². The van der Waals surface area contributed by atoms with Gasteiger partial charge in [0.25, 0.3) is 0 Å². The number of halogens is 2. The maximum absolute atomic E-state index is 13.1. The zero-order valence-electron chi connectivity index (χ0n) is 13.2. The maximum Gasteiger partial charge on any atom is 0.234 e. The molecule has 1 heterocycles. The second-order valence-electron chi connectivity index (χ2n) is 5.47. The lowest BCUT2D eigenvalue weighted by atomic mass is 10.3. The molecule has 2 aromatic rings. The Morgan fingerprint density at radius 1 is 1.28 bits per heavy atom. The lowest BCUT2D eigenvalue weighted by Gasteiger charge is -2.15. The first kappa shape index (κ1) is 17.7. The topological polar surface area (TPSA) is 75.2 Å². The number of carbonyl (C=O) groups is 2. The fourth-order valence-electron chi connectivity index (χ4n) is 2.19. The zero-order chi connectivity index (χ0) is 18.0. The summed E-state index contributed by atoms with van der Waals surface area (Å²) >= 11 is 2.38. The minimum absolute atomic E-state index is 0.0102. The van der Waals surface area contributed by atoms with Crippen LogP contribution in [0.4, 0.5) is 19.6 Å². The number of aromatic nitrogens is 2. The van der Waals surface area contributed by atoms with E-state index in [2.05, 4.69) is 15.5 Å². The lowest BCUT2D eigenvalue weighted by molar-refractivity contribution is -0.116. The maximum atomic E-state index is 13.1. The highest BCUT2D eigenvalue weighted by Crippen LogP contribution is 2.35. The fraction of sp³-hybridized carbons (Fsp3) is 0.333. The highest BCUT2D eigenvalue weighted by molar-refractivity contribution is 8.01. The average Bonchev–Trinajstić information content (AvgIpc) is 3.22. The molecule has 0 radical (unpaired) electrons. The Morgan fingerprint density at radius 2 is 1.96 bits per heavy atom. The van der Waals surface area contributed by atoms with Crippen molar-refractivity contribution in [2.24, 2.45) is 0 Å². The molecule has 0 atom stereocenters. The van der Waals surface area contributed by atoms with E-state index in [0.717, 1.165) is 42.8 Å². The van der Waals surface area contributed by atoms with E-state index in [-0.39, 0.29) is 23.4 Å². The molecule has 1 fully saturated rings. The predicted octanol–water partition coefficient (Wildman–Crippen LogP) is 3.06. The molecule has 3 rings (SSSR count).